The molecule has 1 atom stereocenters. The summed E-state index contributed by atoms with van der Waals surface area (Å²) in [6.07, 6.45) is -4.66. The Bertz CT molecular complexity index is 733. The zero-order chi connectivity index (χ0) is 16.9. The molecule has 9 heteroatoms. The van der Waals surface area contributed by atoms with Crippen LogP contribution in [0.15, 0.2) is 12.1 Å². The van der Waals surface area contributed by atoms with Gasteiger partial charge in [0.15, 0.2) is 0 Å². The first kappa shape index (κ1) is 15.8. The summed E-state index contributed by atoms with van der Waals surface area (Å²) in [5.74, 6) is -2.04. The molecule has 0 radical (unpaired) electrons. The third kappa shape index (κ3) is 2.56. The second kappa shape index (κ2) is 5.23. The van der Waals surface area contributed by atoms with Crippen molar-refractivity contribution < 1.29 is 27.6 Å². The standard InChI is InChI=1S/C14H10ClF3N2O3/c15-7-2-1-6-5-20(8-3-4-9(21)19-12(8)22)13(23)10(6)11(7)14(16,17)18/h1-2,8H,3-5H2,(H,19,21,22). The number of hydrogen-bond donors (Lipinski definition) is 1. The number of amides is 3. The molecular weight excluding hydrogens is 337 g/mol. The van der Waals surface area contributed by atoms with Crippen LogP contribution in [0.25, 0.3) is 0 Å². The van der Waals surface area contributed by atoms with Crippen LogP contribution >= 0.6 is 11.6 Å². The quantitative estimate of drug-likeness (QED) is 0.792. The number of alkyl halides is 3. The van der Waals surface area contributed by atoms with E-state index in [0.29, 0.717) is 0 Å². The van der Waals surface area contributed by atoms with E-state index in [0.717, 1.165) is 11.0 Å². The minimum Gasteiger partial charge on any atom is -0.322 e. The fourth-order valence-corrected chi connectivity index (χ4v) is 3.17. The van der Waals surface area contributed by atoms with Crippen LogP contribution in [0.3, 0.4) is 0 Å². The Morgan fingerprint density at radius 1 is 1.22 bits per heavy atom. The van der Waals surface area contributed by atoms with Crippen molar-refractivity contribution in [1.29, 1.82) is 0 Å². The Kier molecular flexibility index (Phi) is 3.59. The SMILES string of the molecule is O=C1CCC(N2Cc3ccc(Cl)c(C(F)(F)F)c3C2=O)C(=O)N1. The third-order valence-corrected chi connectivity index (χ3v) is 4.24. The number of carbonyl (C=O) groups excluding carboxylic acids is 3. The number of imide groups is 1. The topological polar surface area (TPSA) is 66.5 Å². The number of nitrogens with zero attached hydrogens (tertiary/aromatic N) is 1. The summed E-state index contributed by atoms with van der Waals surface area (Å²) in [5.41, 5.74) is -1.54. The van der Waals surface area contributed by atoms with Gasteiger partial charge in [-0.3, -0.25) is 19.7 Å². The Hall–Kier alpha value is -2.09. The van der Waals surface area contributed by atoms with Gasteiger partial charge in [0.2, 0.25) is 11.8 Å². The predicted molar refractivity (Wildman–Crippen MR) is 72.5 cm³/mol. The van der Waals surface area contributed by atoms with Crippen molar-refractivity contribution in [2.45, 2.75) is 31.6 Å². The first-order valence-corrected chi connectivity index (χ1v) is 7.11. The summed E-state index contributed by atoms with van der Waals surface area (Å²) in [4.78, 5) is 36.5. The van der Waals surface area contributed by atoms with E-state index in [1.165, 1.54) is 6.07 Å². The summed E-state index contributed by atoms with van der Waals surface area (Å²) < 4.78 is 39.6. The summed E-state index contributed by atoms with van der Waals surface area (Å²) in [7, 11) is 0. The van der Waals surface area contributed by atoms with Gasteiger partial charge in [-0.1, -0.05) is 17.7 Å². The second-order valence-corrected chi connectivity index (χ2v) is 5.76. The Morgan fingerprint density at radius 2 is 1.91 bits per heavy atom. The lowest BCUT2D eigenvalue weighted by molar-refractivity contribution is -0.138. The summed E-state index contributed by atoms with van der Waals surface area (Å²) in [6, 6.07) is 1.47. The number of benzene rings is 1. The Balaban J connectivity index is 2.00. The minimum absolute atomic E-state index is 0.0312. The highest BCUT2D eigenvalue weighted by molar-refractivity contribution is 6.32. The van der Waals surface area contributed by atoms with Gasteiger partial charge in [0.25, 0.3) is 5.91 Å². The summed E-state index contributed by atoms with van der Waals surface area (Å²) in [6.45, 7) is -0.124. The molecule has 1 aromatic rings. The number of carbonyl (C=O) groups is 3. The lowest BCUT2D eigenvalue weighted by Gasteiger charge is -2.29. The van der Waals surface area contributed by atoms with Crippen LogP contribution in [0.4, 0.5) is 13.2 Å². The number of nitrogens with one attached hydrogen (secondary N) is 1. The zero-order valence-corrected chi connectivity index (χ0v) is 12.3. The maximum absolute atomic E-state index is 13.2. The van der Waals surface area contributed by atoms with Crippen LogP contribution in [0.2, 0.25) is 5.02 Å². The van der Waals surface area contributed by atoms with Gasteiger partial charge < -0.3 is 4.90 Å². The number of halogens is 4. The van der Waals surface area contributed by atoms with E-state index < -0.39 is 46.1 Å². The molecule has 0 aromatic heterocycles. The van der Waals surface area contributed by atoms with E-state index >= 15 is 0 Å². The van der Waals surface area contributed by atoms with Crippen molar-refractivity contribution in [3.8, 4) is 0 Å². The normalized spacial score (nSPS) is 21.5. The van der Waals surface area contributed by atoms with Crippen molar-refractivity contribution in [2.24, 2.45) is 0 Å². The fraction of sp³-hybridized carbons (Fsp3) is 0.357. The van der Waals surface area contributed by atoms with Gasteiger partial charge in [-0.2, -0.15) is 13.2 Å². The maximum atomic E-state index is 13.2. The molecule has 0 bridgehead atoms. The summed E-state index contributed by atoms with van der Waals surface area (Å²) in [5, 5.41) is 1.53. The van der Waals surface area contributed by atoms with Crippen molar-refractivity contribution in [3.63, 3.8) is 0 Å². The third-order valence-electron chi connectivity index (χ3n) is 3.93. The molecule has 2 heterocycles. The van der Waals surface area contributed by atoms with Crippen LogP contribution in [0, 0.1) is 0 Å². The lowest BCUT2D eigenvalue weighted by atomic mass is 10.0. The highest BCUT2D eigenvalue weighted by Gasteiger charge is 2.45. The van der Waals surface area contributed by atoms with Crippen LogP contribution in [-0.2, 0) is 22.3 Å². The molecule has 0 saturated carbocycles. The molecule has 3 rings (SSSR count). The van der Waals surface area contributed by atoms with E-state index in [4.69, 9.17) is 11.6 Å². The van der Waals surface area contributed by atoms with Crippen molar-refractivity contribution >= 4 is 29.3 Å². The van der Waals surface area contributed by atoms with Crippen LogP contribution in [-0.4, -0.2) is 28.7 Å². The molecule has 1 aromatic carbocycles. The largest absolute Gasteiger partial charge is 0.418 e. The molecular formula is C14H10ClF3N2O3. The predicted octanol–water partition coefficient (Wildman–Crippen LogP) is 2.12. The highest BCUT2D eigenvalue weighted by Crippen LogP contribution is 2.42. The molecule has 0 spiro atoms. The molecule has 0 aliphatic carbocycles. The van der Waals surface area contributed by atoms with Crippen molar-refractivity contribution in [2.75, 3.05) is 0 Å². The van der Waals surface area contributed by atoms with Crippen molar-refractivity contribution in [1.82, 2.24) is 10.2 Å². The molecule has 122 valence electrons. The maximum Gasteiger partial charge on any atom is 0.418 e. The molecule has 2 aliphatic heterocycles. The first-order chi connectivity index (χ1) is 10.7. The number of fused-ring (bicyclic) bond motifs is 1. The van der Waals surface area contributed by atoms with Gasteiger partial charge in [0.1, 0.15) is 6.04 Å². The monoisotopic (exact) mass is 346 g/mol. The van der Waals surface area contributed by atoms with Crippen molar-refractivity contribution in [3.05, 3.63) is 33.8 Å². The van der Waals surface area contributed by atoms with Gasteiger partial charge in [-0.15, -0.1) is 0 Å². The van der Waals surface area contributed by atoms with Gasteiger partial charge in [0, 0.05) is 13.0 Å². The van der Waals surface area contributed by atoms with Gasteiger partial charge >= 0.3 is 6.18 Å². The number of hydrogen-bond acceptors (Lipinski definition) is 3. The summed E-state index contributed by atoms with van der Waals surface area (Å²) >= 11 is 5.62. The first-order valence-electron chi connectivity index (χ1n) is 6.73. The molecule has 2 aliphatic rings. The van der Waals surface area contributed by atoms with E-state index in [9.17, 15) is 27.6 Å². The average Bonchev–Trinajstić information content (AvgIpc) is 2.75. The van der Waals surface area contributed by atoms with Gasteiger partial charge in [-0.05, 0) is 18.1 Å². The average molecular weight is 347 g/mol. The minimum atomic E-state index is -4.78. The van der Waals surface area contributed by atoms with E-state index in [-0.39, 0.29) is 24.9 Å². The van der Waals surface area contributed by atoms with E-state index in [2.05, 4.69) is 5.32 Å². The van der Waals surface area contributed by atoms with E-state index in [1.54, 1.807) is 0 Å². The van der Waals surface area contributed by atoms with Crippen LogP contribution in [0.5, 0.6) is 0 Å². The smallest absolute Gasteiger partial charge is 0.322 e. The molecule has 3 amide bonds. The molecule has 1 fully saturated rings. The Labute approximate surface area is 133 Å². The number of piperidine rings is 1. The number of rotatable bonds is 1. The fourth-order valence-electron chi connectivity index (χ4n) is 2.90. The molecule has 1 N–H and O–H groups in total. The van der Waals surface area contributed by atoms with Crippen LogP contribution in [0.1, 0.15) is 34.3 Å². The molecule has 1 saturated heterocycles. The lowest BCUT2D eigenvalue weighted by Crippen LogP contribution is -2.52. The van der Waals surface area contributed by atoms with Crippen LogP contribution < -0.4 is 5.32 Å². The molecule has 23 heavy (non-hydrogen) atoms. The zero-order valence-electron chi connectivity index (χ0n) is 11.5. The molecule has 5 nitrogen and oxygen atoms in total. The van der Waals surface area contributed by atoms with Gasteiger partial charge in [-0.25, -0.2) is 0 Å². The Morgan fingerprint density at radius 3 is 2.52 bits per heavy atom. The van der Waals surface area contributed by atoms with E-state index in [1.807, 2.05) is 0 Å². The molecule has 1 unspecified atom stereocenters. The highest BCUT2D eigenvalue weighted by atomic mass is 35.5. The second-order valence-electron chi connectivity index (χ2n) is 5.35. The van der Waals surface area contributed by atoms with Gasteiger partial charge in [0.05, 0.1) is 16.1 Å².